The van der Waals surface area contributed by atoms with Gasteiger partial charge in [-0.1, -0.05) is 15.9 Å². The number of amides is 1. The molecule has 3 N–H and O–H groups in total. The number of carbonyl (C=O) groups excluding carboxylic acids is 2. The van der Waals surface area contributed by atoms with Crippen LogP contribution in [0.5, 0.6) is 0 Å². The van der Waals surface area contributed by atoms with E-state index in [2.05, 4.69) is 26.0 Å². The van der Waals surface area contributed by atoms with Crippen LogP contribution in [0.1, 0.15) is 0 Å². The summed E-state index contributed by atoms with van der Waals surface area (Å²) in [5.74, 6) is -0.0218. The standard InChI is InChI=1S/C12H15BrN2O3S/c1-18-12(17)10(14)6-19-7-11(16)15-9-4-2-8(13)3-5-9/h2-5,10H,6-7,14H2,1H3,(H,15,16). The van der Waals surface area contributed by atoms with Crippen molar-refractivity contribution in [3.8, 4) is 0 Å². The zero-order valence-corrected chi connectivity index (χ0v) is 12.8. The summed E-state index contributed by atoms with van der Waals surface area (Å²) < 4.78 is 5.44. The molecule has 1 amide bonds. The van der Waals surface area contributed by atoms with Gasteiger partial charge in [0, 0.05) is 15.9 Å². The Labute approximate surface area is 124 Å². The number of esters is 1. The normalized spacial score (nSPS) is 11.7. The highest BCUT2D eigenvalue weighted by atomic mass is 79.9. The van der Waals surface area contributed by atoms with Crippen molar-refractivity contribution in [2.24, 2.45) is 5.73 Å². The Morgan fingerprint density at radius 1 is 1.42 bits per heavy atom. The highest BCUT2D eigenvalue weighted by Crippen LogP contribution is 2.14. The molecule has 1 aromatic carbocycles. The van der Waals surface area contributed by atoms with Gasteiger partial charge in [0.1, 0.15) is 6.04 Å². The number of ether oxygens (including phenoxy) is 1. The van der Waals surface area contributed by atoms with Crippen molar-refractivity contribution in [3.63, 3.8) is 0 Å². The molecule has 1 rings (SSSR count). The van der Waals surface area contributed by atoms with Crippen LogP contribution in [0.3, 0.4) is 0 Å². The van der Waals surface area contributed by atoms with Gasteiger partial charge >= 0.3 is 5.97 Å². The lowest BCUT2D eigenvalue weighted by Crippen LogP contribution is -2.34. The smallest absolute Gasteiger partial charge is 0.323 e. The highest BCUT2D eigenvalue weighted by Gasteiger charge is 2.14. The summed E-state index contributed by atoms with van der Waals surface area (Å²) in [6.07, 6.45) is 0. The number of hydrogen-bond donors (Lipinski definition) is 2. The Morgan fingerprint density at radius 2 is 2.05 bits per heavy atom. The molecule has 0 aromatic heterocycles. The van der Waals surface area contributed by atoms with Crippen molar-refractivity contribution < 1.29 is 14.3 Å². The number of benzene rings is 1. The van der Waals surface area contributed by atoms with Crippen LogP contribution < -0.4 is 11.1 Å². The molecule has 0 bridgehead atoms. The molecular formula is C12H15BrN2O3S. The van der Waals surface area contributed by atoms with Gasteiger partial charge in [-0.3, -0.25) is 9.59 Å². The number of halogens is 1. The second-order valence-electron chi connectivity index (χ2n) is 3.70. The molecule has 1 unspecified atom stereocenters. The number of nitrogens with one attached hydrogen (secondary N) is 1. The van der Waals surface area contributed by atoms with Gasteiger partial charge in [0.2, 0.25) is 5.91 Å². The zero-order chi connectivity index (χ0) is 14.3. The molecule has 7 heteroatoms. The first kappa shape index (κ1) is 16.0. The average molecular weight is 347 g/mol. The molecule has 1 aromatic rings. The van der Waals surface area contributed by atoms with Gasteiger partial charge in [-0.15, -0.1) is 11.8 Å². The van der Waals surface area contributed by atoms with E-state index in [1.165, 1.54) is 18.9 Å². The fourth-order valence-corrected chi connectivity index (χ4v) is 2.26. The van der Waals surface area contributed by atoms with E-state index < -0.39 is 12.0 Å². The summed E-state index contributed by atoms with van der Waals surface area (Å²) in [4.78, 5) is 22.7. The molecule has 1 atom stereocenters. The first-order valence-corrected chi connectivity index (χ1v) is 7.44. The molecule has 104 valence electrons. The maximum absolute atomic E-state index is 11.6. The van der Waals surface area contributed by atoms with Crippen molar-refractivity contribution in [1.29, 1.82) is 0 Å². The Hall–Kier alpha value is -1.05. The Morgan fingerprint density at radius 3 is 2.63 bits per heavy atom. The topological polar surface area (TPSA) is 81.4 Å². The first-order valence-electron chi connectivity index (χ1n) is 5.49. The van der Waals surface area contributed by atoms with Crippen molar-refractivity contribution in [2.75, 3.05) is 23.9 Å². The summed E-state index contributed by atoms with van der Waals surface area (Å²) in [7, 11) is 1.28. The Kier molecular flexibility index (Phi) is 6.90. The number of rotatable bonds is 6. The third kappa shape index (κ3) is 6.09. The maximum Gasteiger partial charge on any atom is 0.323 e. The van der Waals surface area contributed by atoms with Gasteiger partial charge in [-0.25, -0.2) is 0 Å². The van der Waals surface area contributed by atoms with Crippen LogP contribution in [0.2, 0.25) is 0 Å². The fraction of sp³-hybridized carbons (Fsp3) is 0.333. The third-order valence-corrected chi connectivity index (χ3v) is 3.75. The highest BCUT2D eigenvalue weighted by molar-refractivity contribution is 9.10. The number of methoxy groups -OCH3 is 1. The molecule has 0 saturated carbocycles. The number of thioether (sulfide) groups is 1. The van der Waals surface area contributed by atoms with E-state index in [4.69, 9.17) is 5.73 Å². The predicted molar refractivity (Wildman–Crippen MR) is 80.1 cm³/mol. The number of nitrogens with two attached hydrogens (primary N) is 1. The lowest BCUT2D eigenvalue weighted by molar-refractivity contribution is -0.141. The number of anilines is 1. The molecule has 19 heavy (non-hydrogen) atoms. The molecule has 0 heterocycles. The molecule has 0 aliphatic rings. The van der Waals surface area contributed by atoms with Gasteiger partial charge in [-0.2, -0.15) is 0 Å². The van der Waals surface area contributed by atoms with Crippen molar-refractivity contribution >= 4 is 45.3 Å². The number of carbonyl (C=O) groups is 2. The van der Waals surface area contributed by atoms with Crippen molar-refractivity contribution in [1.82, 2.24) is 0 Å². The van der Waals surface area contributed by atoms with Gasteiger partial charge in [-0.05, 0) is 24.3 Å². The van der Waals surface area contributed by atoms with Crippen LogP contribution >= 0.6 is 27.7 Å². The molecule has 0 aliphatic heterocycles. The van der Waals surface area contributed by atoms with Crippen LogP contribution in [0.15, 0.2) is 28.7 Å². The molecule has 0 saturated heterocycles. The Balaban J connectivity index is 2.28. The largest absolute Gasteiger partial charge is 0.468 e. The van der Waals surface area contributed by atoms with E-state index in [-0.39, 0.29) is 11.7 Å². The van der Waals surface area contributed by atoms with E-state index in [0.29, 0.717) is 5.75 Å². The number of hydrogen-bond acceptors (Lipinski definition) is 5. The van der Waals surface area contributed by atoms with E-state index in [1.807, 2.05) is 12.1 Å². The molecule has 0 spiro atoms. The van der Waals surface area contributed by atoms with Crippen LogP contribution in [0.25, 0.3) is 0 Å². The molecule has 5 nitrogen and oxygen atoms in total. The summed E-state index contributed by atoms with van der Waals surface area (Å²) in [5, 5.41) is 2.75. The second-order valence-corrected chi connectivity index (χ2v) is 5.65. The van der Waals surface area contributed by atoms with Crippen molar-refractivity contribution in [2.45, 2.75) is 6.04 Å². The van der Waals surface area contributed by atoms with E-state index in [0.717, 1.165) is 10.2 Å². The minimum absolute atomic E-state index is 0.135. The van der Waals surface area contributed by atoms with E-state index >= 15 is 0 Å². The van der Waals surface area contributed by atoms with Crippen molar-refractivity contribution in [3.05, 3.63) is 28.7 Å². The molecular weight excluding hydrogens is 332 g/mol. The first-order chi connectivity index (χ1) is 9.02. The SMILES string of the molecule is COC(=O)C(N)CSCC(=O)Nc1ccc(Br)cc1. The van der Waals surface area contributed by atoms with Crippen LogP contribution in [-0.4, -0.2) is 36.5 Å². The molecule has 0 radical (unpaired) electrons. The monoisotopic (exact) mass is 346 g/mol. The molecule has 0 aliphatic carbocycles. The summed E-state index contributed by atoms with van der Waals surface area (Å²) >= 11 is 4.60. The minimum atomic E-state index is -0.699. The van der Waals surface area contributed by atoms with Crippen LogP contribution in [0.4, 0.5) is 5.69 Å². The lowest BCUT2D eigenvalue weighted by Gasteiger charge is -2.09. The van der Waals surface area contributed by atoms with E-state index in [9.17, 15) is 9.59 Å². The van der Waals surface area contributed by atoms with Gasteiger partial charge < -0.3 is 15.8 Å². The third-order valence-electron chi connectivity index (χ3n) is 2.16. The zero-order valence-electron chi connectivity index (χ0n) is 10.4. The van der Waals surface area contributed by atoms with Gasteiger partial charge in [0.25, 0.3) is 0 Å². The maximum atomic E-state index is 11.6. The second kappa shape index (κ2) is 8.19. The van der Waals surface area contributed by atoms with Crippen LogP contribution in [0, 0.1) is 0 Å². The average Bonchev–Trinajstić information content (AvgIpc) is 2.40. The van der Waals surface area contributed by atoms with E-state index in [1.54, 1.807) is 12.1 Å². The van der Waals surface area contributed by atoms with Gasteiger partial charge in [0.05, 0.1) is 12.9 Å². The Bertz CT molecular complexity index is 439. The van der Waals surface area contributed by atoms with Gasteiger partial charge in [0.15, 0.2) is 0 Å². The molecule has 0 fully saturated rings. The lowest BCUT2D eigenvalue weighted by atomic mass is 10.3. The fourth-order valence-electron chi connectivity index (χ4n) is 1.23. The summed E-state index contributed by atoms with van der Waals surface area (Å²) in [6, 6.07) is 6.58. The van der Waals surface area contributed by atoms with Crippen LogP contribution in [-0.2, 0) is 14.3 Å². The minimum Gasteiger partial charge on any atom is -0.468 e. The summed E-state index contributed by atoms with van der Waals surface area (Å²) in [6.45, 7) is 0. The quantitative estimate of drug-likeness (QED) is 0.765. The summed E-state index contributed by atoms with van der Waals surface area (Å²) in [5.41, 5.74) is 6.28. The predicted octanol–water partition coefficient (Wildman–Crippen LogP) is 1.62.